The molecule has 1 N–H and O–H groups in total. The van der Waals surface area contributed by atoms with Crippen molar-refractivity contribution in [3.8, 4) is 0 Å². The molecule has 0 unspecified atom stereocenters. The number of esters is 1. The molecule has 16 heavy (non-hydrogen) atoms. The Labute approximate surface area is 96.0 Å². The molecule has 4 nitrogen and oxygen atoms in total. The molecule has 1 saturated carbocycles. The molecule has 0 aromatic carbocycles. The number of carbonyl (C=O) groups is 2. The fourth-order valence-electron chi connectivity index (χ4n) is 2.69. The lowest BCUT2D eigenvalue weighted by molar-refractivity contribution is -0.167. The zero-order chi connectivity index (χ0) is 12.8. The van der Waals surface area contributed by atoms with Crippen LogP contribution >= 0.6 is 0 Å². The van der Waals surface area contributed by atoms with Gasteiger partial charge in [-0.3, -0.25) is 9.59 Å². The summed E-state index contributed by atoms with van der Waals surface area (Å²) in [6, 6.07) is 0. The molecule has 0 spiro atoms. The Morgan fingerprint density at radius 1 is 1.06 bits per heavy atom. The first-order valence-corrected chi connectivity index (χ1v) is 5.45. The van der Waals surface area contributed by atoms with Crippen molar-refractivity contribution < 1.29 is 19.4 Å². The van der Waals surface area contributed by atoms with Crippen LogP contribution in [0.3, 0.4) is 0 Å². The Balaban J connectivity index is 3.24. The lowest BCUT2D eigenvalue weighted by Crippen LogP contribution is -2.48. The molecule has 0 aromatic rings. The van der Waals surface area contributed by atoms with E-state index < -0.39 is 22.2 Å². The van der Waals surface area contributed by atoms with E-state index in [2.05, 4.69) is 0 Å². The molecule has 0 aliphatic heterocycles. The third-order valence-corrected chi connectivity index (χ3v) is 4.99. The van der Waals surface area contributed by atoms with Crippen LogP contribution in [-0.4, -0.2) is 24.2 Å². The molecule has 1 rings (SSSR count). The summed E-state index contributed by atoms with van der Waals surface area (Å²) in [5.41, 5.74) is -2.23. The van der Waals surface area contributed by atoms with Gasteiger partial charge in [0.15, 0.2) is 0 Å². The zero-order valence-corrected chi connectivity index (χ0v) is 10.6. The van der Waals surface area contributed by atoms with E-state index in [0.717, 1.165) is 0 Å². The Morgan fingerprint density at radius 2 is 1.50 bits per heavy atom. The van der Waals surface area contributed by atoms with Gasteiger partial charge in [-0.2, -0.15) is 0 Å². The summed E-state index contributed by atoms with van der Waals surface area (Å²) >= 11 is 0. The minimum absolute atomic E-state index is 0.317. The average molecular weight is 228 g/mol. The van der Waals surface area contributed by atoms with E-state index in [9.17, 15) is 14.7 Å². The molecule has 92 valence electrons. The number of carboxylic acids is 1. The van der Waals surface area contributed by atoms with Crippen molar-refractivity contribution >= 4 is 11.9 Å². The molecule has 1 fully saturated rings. The Kier molecular flexibility index (Phi) is 2.82. The molecular formula is C12H20O4. The minimum Gasteiger partial charge on any atom is -0.481 e. The third kappa shape index (κ3) is 1.28. The Bertz CT molecular complexity index is 334. The average Bonchev–Trinajstić information content (AvgIpc) is 2.40. The molecule has 0 heterocycles. The van der Waals surface area contributed by atoms with E-state index >= 15 is 0 Å². The summed E-state index contributed by atoms with van der Waals surface area (Å²) in [6.45, 7) is 7.19. The van der Waals surface area contributed by atoms with Gasteiger partial charge in [-0.25, -0.2) is 0 Å². The standard InChI is InChI=1S/C12H20O4/c1-10(2)11(3,8(13)14)6-7-12(10,4)9(15)16-5/h6-7H2,1-5H3,(H,13,14)/t11-,12+/m0/s1. The molecule has 0 radical (unpaired) electrons. The lowest BCUT2D eigenvalue weighted by Gasteiger charge is -2.43. The first-order valence-electron chi connectivity index (χ1n) is 5.45. The lowest BCUT2D eigenvalue weighted by atomic mass is 9.59. The molecule has 2 atom stereocenters. The van der Waals surface area contributed by atoms with Crippen molar-refractivity contribution in [3.63, 3.8) is 0 Å². The van der Waals surface area contributed by atoms with Crippen LogP contribution in [0.4, 0.5) is 0 Å². The number of hydrogen-bond donors (Lipinski definition) is 1. The van der Waals surface area contributed by atoms with E-state index in [1.807, 2.05) is 13.8 Å². The van der Waals surface area contributed by atoms with Crippen LogP contribution in [0.1, 0.15) is 40.5 Å². The maximum absolute atomic E-state index is 11.8. The quantitative estimate of drug-likeness (QED) is 0.735. The number of carbonyl (C=O) groups excluding carboxylic acids is 1. The molecule has 1 aliphatic rings. The summed E-state index contributed by atoms with van der Waals surface area (Å²) in [5, 5.41) is 9.34. The SMILES string of the molecule is COC(=O)[C@@]1(C)CC[C@@](C)(C(=O)O)C1(C)C. The van der Waals surface area contributed by atoms with Crippen molar-refractivity contribution in [2.75, 3.05) is 7.11 Å². The first kappa shape index (κ1) is 13.0. The smallest absolute Gasteiger partial charge is 0.312 e. The van der Waals surface area contributed by atoms with Gasteiger partial charge in [-0.1, -0.05) is 13.8 Å². The van der Waals surface area contributed by atoms with E-state index in [1.54, 1.807) is 13.8 Å². The van der Waals surface area contributed by atoms with Gasteiger partial charge < -0.3 is 9.84 Å². The fourth-order valence-corrected chi connectivity index (χ4v) is 2.69. The van der Waals surface area contributed by atoms with Gasteiger partial charge in [0, 0.05) is 0 Å². The summed E-state index contributed by atoms with van der Waals surface area (Å²) < 4.78 is 4.81. The van der Waals surface area contributed by atoms with Crippen molar-refractivity contribution in [2.24, 2.45) is 16.2 Å². The molecular weight excluding hydrogens is 208 g/mol. The number of ether oxygens (including phenoxy) is 1. The van der Waals surface area contributed by atoms with Crippen LogP contribution in [0.5, 0.6) is 0 Å². The summed E-state index contributed by atoms with van der Waals surface area (Å²) in [6.07, 6.45) is 1.05. The highest BCUT2D eigenvalue weighted by molar-refractivity contribution is 5.83. The third-order valence-electron chi connectivity index (χ3n) is 4.99. The van der Waals surface area contributed by atoms with Crippen molar-refractivity contribution in [3.05, 3.63) is 0 Å². The van der Waals surface area contributed by atoms with Crippen molar-refractivity contribution in [1.29, 1.82) is 0 Å². The van der Waals surface area contributed by atoms with Gasteiger partial charge in [0.25, 0.3) is 0 Å². The van der Waals surface area contributed by atoms with Gasteiger partial charge in [0.2, 0.25) is 0 Å². The molecule has 1 aliphatic carbocycles. The Morgan fingerprint density at radius 3 is 1.81 bits per heavy atom. The minimum atomic E-state index is -0.879. The molecule has 0 saturated heterocycles. The highest BCUT2D eigenvalue weighted by Gasteiger charge is 2.65. The number of hydrogen-bond acceptors (Lipinski definition) is 3. The van der Waals surface area contributed by atoms with Crippen LogP contribution in [0, 0.1) is 16.2 Å². The second kappa shape index (κ2) is 3.47. The van der Waals surface area contributed by atoms with E-state index in [-0.39, 0.29) is 5.97 Å². The number of aliphatic carboxylic acids is 1. The highest BCUT2D eigenvalue weighted by atomic mass is 16.5. The predicted molar refractivity (Wildman–Crippen MR) is 58.9 cm³/mol. The van der Waals surface area contributed by atoms with Gasteiger partial charge >= 0.3 is 11.9 Å². The van der Waals surface area contributed by atoms with Crippen molar-refractivity contribution in [1.82, 2.24) is 0 Å². The van der Waals surface area contributed by atoms with Crippen LogP contribution in [0.2, 0.25) is 0 Å². The van der Waals surface area contributed by atoms with Gasteiger partial charge in [0.1, 0.15) is 0 Å². The maximum atomic E-state index is 11.8. The highest BCUT2D eigenvalue weighted by Crippen LogP contribution is 2.63. The number of carboxylic acid groups (broad SMARTS) is 1. The second-order valence-corrected chi connectivity index (χ2v) is 5.59. The molecule has 4 heteroatoms. The van der Waals surface area contributed by atoms with E-state index in [0.29, 0.717) is 12.8 Å². The summed E-state index contributed by atoms with van der Waals surface area (Å²) in [5.74, 6) is -1.16. The van der Waals surface area contributed by atoms with Crippen LogP contribution in [0.25, 0.3) is 0 Å². The van der Waals surface area contributed by atoms with Gasteiger partial charge in [-0.05, 0) is 32.1 Å². The van der Waals surface area contributed by atoms with E-state index in [4.69, 9.17) is 4.74 Å². The number of methoxy groups -OCH3 is 1. The number of rotatable bonds is 2. The maximum Gasteiger partial charge on any atom is 0.312 e. The van der Waals surface area contributed by atoms with Gasteiger partial charge in [0.05, 0.1) is 17.9 Å². The van der Waals surface area contributed by atoms with E-state index in [1.165, 1.54) is 7.11 Å². The summed E-state index contributed by atoms with van der Waals surface area (Å²) in [7, 11) is 1.35. The zero-order valence-electron chi connectivity index (χ0n) is 10.6. The van der Waals surface area contributed by atoms with Crippen molar-refractivity contribution in [2.45, 2.75) is 40.5 Å². The molecule has 0 bridgehead atoms. The van der Waals surface area contributed by atoms with Crippen LogP contribution < -0.4 is 0 Å². The topological polar surface area (TPSA) is 63.6 Å². The van der Waals surface area contributed by atoms with Gasteiger partial charge in [-0.15, -0.1) is 0 Å². The molecule has 0 aromatic heterocycles. The molecule has 0 amide bonds. The fraction of sp³-hybridized carbons (Fsp3) is 0.833. The Hall–Kier alpha value is -1.06. The second-order valence-electron chi connectivity index (χ2n) is 5.59. The monoisotopic (exact) mass is 228 g/mol. The predicted octanol–water partition coefficient (Wildman–Crippen LogP) is 2.08. The first-order chi connectivity index (χ1) is 7.13. The summed E-state index contributed by atoms with van der Waals surface area (Å²) in [4.78, 5) is 23.2. The largest absolute Gasteiger partial charge is 0.481 e. The normalized spacial score (nSPS) is 37.1. The van der Waals surface area contributed by atoms with Crippen LogP contribution in [-0.2, 0) is 14.3 Å². The van der Waals surface area contributed by atoms with Crippen LogP contribution in [0.15, 0.2) is 0 Å².